The van der Waals surface area contributed by atoms with Gasteiger partial charge in [-0.2, -0.15) is 5.10 Å². The maximum absolute atomic E-state index is 11.5. The number of aryl methyl sites for hydroxylation is 1. The number of hydrogen-bond donors (Lipinski definition) is 1. The number of rotatable bonds is 6. The quantitative estimate of drug-likeness (QED) is 0.811. The van der Waals surface area contributed by atoms with Gasteiger partial charge in [-0.25, -0.2) is 4.68 Å². The van der Waals surface area contributed by atoms with Crippen LogP contribution < -0.4 is 5.73 Å². The predicted molar refractivity (Wildman–Crippen MR) is 94.0 cm³/mol. The van der Waals surface area contributed by atoms with Gasteiger partial charge in [0.05, 0.1) is 25.3 Å². The van der Waals surface area contributed by atoms with Crippen molar-refractivity contribution >= 4 is 23.4 Å². The Kier molecular flexibility index (Phi) is 4.81. The van der Waals surface area contributed by atoms with Gasteiger partial charge in [0.15, 0.2) is 0 Å². The molecular formula is C18H22ClN3O2. The van der Waals surface area contributed by atoms with Crippen molar-refractivity contribution in [2.45, 2.75) is 44.6 Å². The topological polar surface area (TPSA) is 70.1 Å². The number of carbonyl (C=O) groups is 1. The lowest BCUT2D eigenvalue weighted by atomic mass is 9.62. The van der Waals surface area contributed by atoms with Gasteiger partial charge in [-0.05, 0) is 31.4 Å². The zero-order chi connectivity index (χ0) is 17.2. The van der Waals surface area contributed by atoms with E-state index in [-0.39, 0.29) is 17.8 Å². The van der Waals surface area contributed by atoms with Crippen molar-refractivity contribution in [3.8, 4) is 0 Å². The van der Waals surface area contributed by atoms with E-state index in [1.807, 2.05) is 24.3 Å². The van der Waals surface area contributed by atoms with Crippen molar-refractivity contribution in [3.63, 3.8) is 0 Å². The van der Waals surface area contributed by atoms with E-state index in [2.05, 4.69) is 11.2 Å². The van der Waals surface area contributed by atoms with Crippen molar-refractivity contribution in [1.82, 2.24) is 9.78 Å². The van der Waals surface area contributed by atoms with E-state index in [1.165, 1.54) is 0 Å². The van der Waals surface area contributed by atoms with Crippen LogP contribution in [0, 0.1) is 0 Å². The molecule has 3 rings (SSSR count). The number of anilines is 1. The first kappa shape index (κ1) is 16.8. The van der Waals surface area contributed by atoms with Gasteiger partial charge in [0.25, 0.3) is 0 Å². The minimum absolute atomic E-state index is 0.165. The molecule has 1 aromatic heterocycles. The van der Waals surface area contributed by atoms with Crippen molar-refractivity contribution in [2.24, 2.45) is 0 Å². The zero-order valence-electron chi connectivity index (χ0n) is 13.8. The van der Waals surface area contributed by atoms with Crippen LogP contribution in [-0.2, 0) is 21.5 Å². The fourth-order valence-corrected chi connectivity index (χ4v) is 3.63. The van der Waals surface area contributed by atoms with Crippen LogP contribution in [0.4, 0.5) is 5.82 Å². The van der Waals surface area contributed by atoms with E-state index in [0.717, 1.165) is 35.5 Å². The number of benzene rings is 1. The number of nitrogens with two attached hydrogens (primary N) is 1. The van der Waals surface area contributed by atoms with Crippen LogP contribution in [0.5, 0.6) is 0 Å². The normalized spacial score (nSPS) is 15.8. The second-order valence-electron chi connectivity index (χ2n) is 6.15. The number of ether oxygens (including phenoxy) is 1. The third-order valence-electron chi connectivity index (χ3n) is 4.73. The first-order chi connectivity index (χ1) is 11.6. The summed E-state index contributed by atoms with van der Waals surface area (Å²) in [5.41, 5.74) is 7.98. The minimum Gasteiger partial charge on any atom is -0.466 e. The van der Waals surface area contributed by atoms with E-state index in [1.54, 1.807) is 11.6 Å². The van der Waals surface area contributed by atoms with Crippen molar-refractivity contribution in [1.29, 1.82) is 0 Å². The van der Waals surface area contributed by atoms with Gasteiger partial charge in [-0.1, -0.05) is 36.2 Å². The molecule has 24 heavy (non-hydrogen) atoms. The molecule has 1 saturated carbocycles. The van der Waals surface area contributed by atoms with E-state index >= 15 is 0 Å². The fourth-order valence-electron chi connectivity index (χ4n) is 3.32. The van der Waals surface area contributed by atoms with E-state index in [9.17, 15) is 4.79 Å². The Morgan fingerprint density at radius 2 is 2.17 bits per heavy atom. The van der Waals surface area contributed by atoms with Crippen LogP contribution in [0.2, 0.25) is 5.02 Å². The summed E-state index contributed by atoms with van der Waals surface area (Å²) < 4.78 is 6.64. The molecule has 2 aromatic rings. The molecule has 0 amide bonds. The summed E-state index contributed by atoms with van der Waals surface area (Å²) in [5, 5.41) is 5.44. The molecule has 0 bridgehead atoms. The van der Waals surface area contributed by atoms with Gasteiger partial charge in [0.2, 0.25) is 0 Å². The number of aromatic nitrogens is 2. The molecule has 5 nitrogen and oxygen atoms in total. The maximum Gasteiger partial charge on any atom is 0.307 e. The van der Waals surface area contributed by atoms with Gasteiger partial charge in [0.1, 0.15) is 5.82 Å². The summed E-state index contributed by atoms with van der Waals surface area (Å²) in [6.07, 6.45) is 3.41. The third kappa shape index (κ3) is 3.00. The summed E-state index contributed by atoms with van der Waals surface area (Å²) in [7, 11) is 0. The number of esters is 1. The number of carbonyl (C=O) groups excluding carboxylic acids is 1. The summed E-state index contributed by atoms with van der Waals surface area (Å²) in [6, 6.07) is 9.83. The Hall–Kier alpha value is -2.01. The highest BCUT2D eigenvalue weighted by molar-refractivity contribution is 6.31. The molecule has 0 unspecified atom stereocenters. The highest BCUT2D eigenvalue weighted by Gasteiger charge is 2.43. The number of nitrogen functional groups attached to an aromatic ring is 1. The van der Waals surface area contributed by atoms with Crippen LogP contribution in [0.1, 0.15) is 43.9 Å². The molecule has 0 radical (unpaired) electrons. The second-order valence-corrected chi connectivity index (χ2v) is 6.56. The van der Waals surface area contributed by atoms with Crippen molar-refractivity contribution < 1.29 is 9.53 Å². The molecule has 0 atom stereocenters. The predicted octanol–water partition coefficient (Wildman–Crippen LogP) is 3.54. The van der Waals surface area contributed by atoms with Crippen molar-refractivity contribution in [3.05, 3.63) is 46.6 Å². The minimum atomic E-state index is -0.238. The maximum atomic E-state index is 11.5. The largest absolute Gasteiger partial charge is 0.466 e. The lowest BCUT2D eigenvalue weighted by molar-refractivity contribution is -0.143. The summed E-state index contributed by atoms with van der Waals surface area (Å²) in [6.45, 7) is 2.60. The fraction of sp³-hybridized carbons (Fsp3) is 0.444. The molecule has 1 aliphatic rings. The summed E-state index contributed by atoms with van der Waals surface area (Å²) >= 11 is 6.43. The molecule has 1 fully saturated rings. The summed E-state index contributed by atoms with van der Waals surface area (Å²) in [4.78, 5) is 11.5. The highest BCUT2D eigenvalue weighted by atomic mass is 35.5. The van der Waals surface area contributed by atoms with Crippen LogP contribution in [-0.4, -0.2) is 22.4 Å². The first-order valence-corrected chi connectivity index (χ1v) is 8.69. The van der Waals surface area contributed by atoms with Gasteiger partial charge < -0.3 is 10.5 Å². The average molecular weight is 348 g/mol. The van der Waals surface area contributed by atoms with Crippen LogP contribution in [0.3, 0.4) is 0 Å². The van der Waals surface area contributed by atoms with E-state index in [4.69, 9.17) is 22.1 Å². The summed E-state index contributed by atoms with van der Waals surface area (Å²) in [5.74, 6) is 0.325. The monoisotopic (exact) mass is 347 g/mol. The van der Waals surface area contributed by atoms with Crippen LogP contribution in [0.15, 0.2) is 30.3 Å². The molecule has 128 valence electrons. The Labute approximate surface area is 146 Å². The second kappa shape index (κ2) is 6.85. The van der Waals surface area contributed by atoms with Gasteiger partial charge >= 0.3 is 5.97 Å². The SMILES string of the molecule is CCOC(=O)CCn1nc(C2(c3ccccc3Cl)CCC2)cc1N. The molecule has 0 aliphatic heterocycles. The molecule has 6 heteroatoms. The molecule has 1 heterocycles. The van der Waals surface area contributed by atoms with E-state index in [0.29, 0.717) is 19.0 Å². The molecule has 0 spiro atoms. The number of nitrogens with zero attached hydrogens (tertiary/aromatic N) is 2. The Morgan fingerprint density at radius 3 is 2.79 bits per heavy atom. The number of halogens is 1. The molecule has 2 N–H and O–H groups in total. The number of hydrogen-bond acceptors (Lipinski definition) is 4. The molecule has 1 aromatic carbocycles. The molecule has 1 aliphatic carbocycles. The molecular weight excluding hydrogens is 326 g/mol. The first-order valence-electron chi connectivity index (χ1n) is 8.31. The Morgan fingerprint density at radius 1 is 1.42 bits per heavy atom. The molecule has 0 saturated heterocycles. The van der Waals surface area contributed by atoms with Crippen LogP contribution >= 0.6 is 11.6 Å². The van der Waals surface area contributed by atoms with Gasteiger partial charge in [-0.15, -0.1) is 0 Å². The van der Waals surface area contributed by atoms with Gasteiger partial charge in [-0.3, -0.25) is 4.79 Å². The Bertz CT molecular complexity index is 738. The van der Waals surface area contributed by atoms with E-state index < -0.39 is 0 Å². The average Bonchev–Trinajstić information content (AvgIpc) is 2.87. The lowest BCUT2D eigenvalue weighted by Gasteiger charge is -2.41. The lowest BCUT2D eigenvalue weighted by Crippen LogP contribution is -2.36. The standard InChI is InChI=1S/C18H22ClN3O2/c1-2-24-17(23)8-11-22-16(20)12-15(21-22)18(9-5-10-18)13-6-3-4-7-14(13)19/h3-4,6-7,12H,2,5,8-11,20H2,1H3. The van der Waals surface area contributed by atoms with Crippen LogP contribution in [0.25, 0.3) is 0 Å². The van der Waals surface area contributed by atoms with Gasteiger partial charge in [0, 0.05) is 16.5 Å². The Balaban J connectivity index is 1.85. The van der Waals surface area contributed by atoms with Crippen molar-refractivity contribution in [2.75, 3.05) is 12.3 Å². The highest BCUT2D eigenvalue weighted by Crippen LogP contribution is 2.50. The zero-order valence-corrected chi connectivity index (χ0v) is 14.6. The third-order valence-corrected chi connectivity index (χ3v) is 5.06. The smallest absolute Gasteiger partial charge is 0.307 e.